The summed E-state index contributed by atoms with van der Waals surface area (Å²) in [6, 6.07) is 25.2. The van der Waals surface area contributed by atoms with E-state index in [1.807, 2.05) is 42.5 Å². The third-order valence-corrected chi connectivity index (χ3v) is 8.95. The van der Waals surface area contributed by atoms with Gasteiger partial charge in [0.1, 0.15) is 0 Å². The van der Waals surface area contributed by atoms with E-state index in [0.717, 1.165) is 43.7 Å². The number of methoxy groups -OCH3 is 1. The van der Waals surface area contributed by atoms with Crippen LogP contribution in [-0.2, 0) is 23.1 Å². The van der Waals surface area contributed by atoms with Crippen molar-refractivity contribution in [1.29, 1.82) is 0 Å². The zero-order valence-electron chi connectivity index (χ0n) is 21.7. The Bertz CT molecular complexity index is 1290. The number of carbonyl (C=O) groups is 1. The summed E-state index contributed by atoms with van der Waals surface area (Å²) in [7, 11) is 3.91. The third kappa shape index (κ3) is 3.99. The number of carbonyl (C=O) groups excluding carboxylic acids is 1. The number of likely N-dealkylation sites (N-methyl/N-ethyl adjacent to an activating group) is 1. The number of hydrogen-bond acceptors (Lipinski definition) is 4. The van der Waals surface area contributed by atoms with Crippen LogP contribution in [0, 0.1) is 5.92 Å². The molecule has 37 heavy (non-hydrogen) atoms. The maximum atomic E-state index is 12.6. The predicted molar refractivity (Wildman–Crippen MR) is 147 cm³/mol. The van der Waals surface area contributed by atoms with Crippen molar-refractivity contribution in [3.05, 3.63) is 101 Å². The van der Waals surface area contributed by atoms with Gasteiger partial charge in [0, 0.05) is 23.4 Å². The van der Waals surface area contributed by atoms with Crippen LogP contribution in [0.1, 0.15) is 41.5 Å². The van der Waals surface area contributed by atoms with Gasteiger partial charge in [0.2, 0.25) is 0 Å². The summed E-state index contributed by atoms with van der Waals surface area (Å²) >= 11 is 0. The number of ether oxygens (including phenoxy) is 2. The van der Waals surface area contributed by atoms with Gasteiger partial charge in [0.05, 0.1) is 7.11 Å². The van der Waals surface area contributed by atoms with Gasteiger partial charge in [-0.25, -0.2) is 0 Å². The average Bonchev–Trinajstić information content (AvgIpc) is 3.56. The van der Waals surface area contributed by atoms with Crippen molar-refractivity contribution >= 4 is 11.9 Å². The standard InChI is InChI=1S/C18H21NO3.C9H8.C6H6/c1-19-8-7-18-11-4-5-13(20)17(18)22-16-14(21-2)6-3-10(15(16)18)9-12(11)19;1-2-5-9-7-3-6-8(9)4-1;1-2-4-6-5-3-1/h3,6,11-12,17H,4-5,7-9H2,1-2H3;1-6H,7H2;1-6H/t11-,12+,17-,18-;;/m0../s1. The molecule has 0 N–H and O–H groups in total. The van der Waals surface area contributed by atoms with Gasteiger partial charge in [-0.1, -0.05) is 78.9 Å². The highest BCUT2D eigenvalue weighted by Gasteiger charge is 2.65. The fourth-order valence-electron chi connectivity index (χ4n) is 7.25. The lowest BCUT2D eigenvalue weighted by Crippen LogP contribution is -2.65. The van der Waals surface area contributed by atoms with E-state index in [2.05, 4.69) is 54.4 Å². The quantitative estimate of drug-likeness (QED) is 0.425. The Morgan fingerprint density at radius 3 is 2.46 bits per heavy atom. The number of allylic oxidation sites excluding steroid dienone is 1. The minimum atomic E-state index is -0.284. The second kappa shape index (κ2) is 9.83. The molecule has 2 bridgehead atoms. The van der Waals surface area contributed by atoms with Crippen LogP contribution in [0.3, 0.4) is 0 Å². The normalized spacial score (nSPS) is 27.5. The largest absolute Gasteiger partial charge is 0.493 e. The number of fused-ring (bicyclic) bond motifs is 1. The summed E-state index contributed by atoms with van der Waals surface area (Å²) in [5.41, 5.74) is 5.42. The molecule has 8 rings (SSSR count). The highest BCUT2D eigenvalue weighted by atomic mass is 16.5. The number of benzene rings is 3. The molecular formula is C33H35NO3. The lowest BCUT2D eigenvalue weighted by molar-refractivity contribution is -0.138. The molecule has 2 aliphatic heterocycles. The van der Waals surface area contributed by atoms with Crippen molar-refractivity contribution < 1.29 is 14.3 Å². The number of likely N-dealkylation sites (tertiary alicyclic amines) is 1. The number of ketones is 1. The Balaban J connectivity index is 0.000000137. The molecule has 3 aliphatic carbocycles. The van der Waals surface area contributed by atoms with Crippen LogP contribution >= 0.6 is 0 Å². The smallest absolute Gasteiger partial charge is 0.174 e. The molecular weight excluding hydrogens is 458 g/mol. The van der Waals surface area contributed by atoms with Gasteiger partial charge in [-0.2, -0.15) is 0 Å². The first-order valence-corrected chi connectivity index (χ1v) is 13.5. The van der Waals surface area contributed by atoms with E-state index < -0.39 is 0 Å². The first-order valence-electron chi connectivity index (χ1n) is 13.5. The third-order valence-electron chi connectivity index (χ3n) is 8.95. The number of rotatable bonds is 1. The van der Waals surface area contributed by atoms with Gasteiger partial charge in [-0.15, -0.1) is 0 Å². The van der Waals surface area contributed by atoms with Crippen LogP contribution in [0.5, 0.6) is 11.5 Å². The lowest BCUT2D eigenvalue weighted by Gasteiger charge is -2.57. The molecule has 2 heterocycles. The molecule has 0 unspecified atom stereocenters. The second-order valence-electron chi connectivity index (χ2n) is 10.7. The molecule has 1 spiro atoms. The Morgan fingerprint density at radius 2 is 1.73 bits per heavy atom. The molecule has 1 saturated carbocycles. The van der Waals surface area contributed by atoms with Crippen molar-refractivity contribution in [3.8, 4) is 11.5 Å². The number of piperidine rings is 1. The van der Waals surface area contributed by atoms with Crippen molar-refractivity contribution in [2.75, 3.05) is 20.7 Å². The summed E-state index contributed by atoms with van der Waals surface area (Å²) in [6.45, 7) is 1.05. The summed E-state index contributed by atoms with van der Waals surface area (Å²) < 4.78 is 11.8. The van der Waals surface area contributed by atoms with E-state index in [-0.39, 0.29) is 17.3 Å². The van der Waals surface area contributed by atoms with Crippen LogP contribution < -0.4 is 9.47 Å². The first-order chi connectivity index (χ1) is 18.1. The van der Waals surface area contributed by atoms with Gasteiger partial charge in [0.15, 0.2) is 23.4 Å². The molecule has 4 atom stereocenters. The minimum absolute atomic E-state index is 0.0933. The van der Waals surface area contributed by atoms with Crippen molar-refractivity contribution in [1.82, 2.24) is 4.90 Å². The summed E-state index contributed by atoms with van der Waals surface area (Å²) in [5, 5.41) is 0. The molecule has 5 aliphatic rings. The molecule has 0 aromatic heterocycles. The van der Waals surface area contributed by atoms with E-state index in [9.17, 15) is 4.79 Å². The maximum absolute atomic E-state index is 12.6. The highest BCUT2D eigenvalue weighted by Crippen LogP contribution is 2.63. The average molecular weight is 494 g/mol. The van der Waals surface area contributed by atoms with Gasteiger partial charge < -0.3 is 14.4 Å². The highest BCUT2D eigenvalue weighted by molar-refractivity contribution is 5.89. The van der Waals surface area contributed by atoms with E-state index >= 15 is 0 Å². The molecule has 1 saturated heterocycles. The Hall–Kier alpha value is -3.37. The zero-order chi connectivity index (χ0) is 25.4. The fraction of sp³-hybridized carbons (Fsp3) is 0.364. The Labute approximate surface area is 219 Å². The molecule has 4 nitrogen and oxygen atoms in total. The lowest BCUT2D eigenvalue weighted by atomic mass is 9.52. The van der Waals surface area contributed by atoms with Crippen molar-refractivity contribution in [3.63, 3.8) is 0 Å². The van der Waals surface area contributed by atoms with Crippen LogP contribution in [-0.4, -0.2) is 43.5 Å². The minimum Gasteiger partial charge on any atom is -0.493 e. The second-order valence-corrected chi connectivity index (χ2v) is 10.7. The summed E-state index contributed by atoms with van der Waals surface area (Å²) in [6.07, 6.45) is 8.97. The van der Waals surface area contributed by atoms with Crippen LogP contribution in [0.2, 0.25) is 0 Å². The van der Waals surface area contributed by atoms with E-state index in [4.69, 9.17) is 9.47 Å². The Morgan fingerprint density at radius 1 is 0.973 bits per heavy atom. The molecule has 3 aromatic carbocycles. The monoisotopic (exact) mass is 493 g/mol. The maximum Gasteiger partial charge on any atom is 0.174 e. The van der Waals surface area contributed by atoms with Crippen molar-refractivity contribution in [2.24, 2.45) is 5.92 Å². The van der Waals surface area contributed by atoms with Gasteiger partial charge >= 0.3 is 0 Å². The van der Waals surface area contributed by atoms with Crippen LogP contribution in [0.25, 0.3) is 6.08 Å². The van der Waals surface area contributed by atoms with E-state index in [1.54, 1.807) is 7.11 Å². The number of hydrogen-bond donors (Lipinski definition) is 0. The number of Topliss-reactive ketones (excluding diaryl/α,β-unsaturated/α-hetero) is 1. The molecule has 2 fully saturated rings. The molecule has 3 aromatic rings. The predicted octanol–water partition coefficient (Wildman–Crippen LogP) is 5.88. The Kier molecular flexibility index (Phi) is 6.37. The number of nitrogens with zero attached hydrogens (tertiary/aromatic N) is 1. The van der Waals surface area contributed by atoms with Crippen LogP contribution in [0.15, 0.2) is 78.9 Å². The van der Waals surface area contributed by atoms with Gasteiger partial charge in [0.25, 0.3) is 0 Å². The molecule has 0 radical (unpaired) electrons. The van der Waals surface area contributed by atoms with E-state index in [1.165, 1.54) is 22.3 Å². The zero-order valence-corrected chi connectivity index (χ0v) is 21.7. The topological polar surface area (TPSA) is 38.8 Å². The van der Waals surface area contributed by atoms with Gasteiger partial charge in [-0.3, -0.25) is 4.79 Å². The molecule has 0 amide bonds. The fourth-order valence-corrected chi connectivity index (χ4v) is 7.25. The van der Waals surface area contributed by atoms with Crippen molar-refractivity contribution in [2.45, 2.75) is 49.7 Å². The van der Waals surface area contributed by atoms with Crippen LogP contribution in [0.4, 0.5) is 0 Å². The van der Waals surface area contributed by atoms with E-state index in [0.29, 0.717) is 18.4 Å². The first kappa shape index (κ1) is 24.0. The van der Waals surface area contributed by atoms with Gasteiger partial charge in [-0.05, 0) is 68.0 Å². The summed E-state index contributed by atoms with van der Waals surface area (Å²) in [5.74, 6) is 2.46. The molecule has 4 heteroatoms. The SMILES string of the molecule is C1=Cc2ccccc2C1.COc1ccc2c3c1O[C@H]1C(=O)CC[C@H]4[C@@H](C2)N(C)CC[C@]314.c1ccccc1. The summed E-state index contributed by atoms with van der Waals surface area (Å²) in [4.78, 5) is 15.1. The molecule has 190 valence electrons.